The first-order valence-electron chi connectivity index (χ1n) is 15.6. The van der Waals surface area contributed by atoms with Crippen LogP contribution in [-0.4, -0.2) is 11.6 Å². The fraction of sp³-hybridized carbons (Fsp3) is 0.486. The highest BCUT2D eigenvalue weighted by atomic mass is 19.1. The molecule has 0 spiro atoms. The van der Waals surface area contributed by atoms with E-state index >= 15 is 4.39 Å². The lowest BCUT2D eigenvalue weighted by atomic mass is 9.93. The van der Waals surface area contributed by atoms with Gasteiger partial charge in [0, 0.05) is 0 Å². The van der Waals surface area contributed by atoms with Crippen LogP contribution < -0.4 is 4.74 Å². The lowest BCUT2D eigenvalue weighted by Gasteiger charge is -2.18. The Morgan fingerprint density at radius 3 is 1.68 bits per heavy atom. The maximum atomic E-state index is 15.1. The zero-order valence-electron chi connectivity index (χ0n) is 25.0. The first-order chi connectivity index (χ1) is 19.4. The molecule has 3 aromatic rings. The number of aryl methyl sites for hydroxylation is 1. The zero-order valence-corrected chi connectivity index (χ0v) is 25.0. The molecule has 0 bridgehead atoms. The third kappa shape index (κ3) is 10.2. The number of carbonyl (C=O) groups is 1. The number of unbranched alkanes of at least 4 members (excludes halogenated alkanes) is 10. The van der Waals surface area contributed by atoms with Gasteiger partial charge in [0.15, 0.2) is 0 Å². The summed E-state index contributed by atoms with van der Waals surface area (Å²) in [5, 5.41) is 0. The summed E-state index contributed by atoms with van der Waals surface area (Å²) in [5.41, 5.74) is 3.88. The molecule has 0 amide bonds. The van der Waals surface area contributed by atoms with E-state index in [1.807, 2.05) is 18.2 Å². The molecule has 0 saturated carbocycles. The number of halogens is 1. The van der Waals surface area contributed by atoms with Crippen LogP contribution in [0.3, 0.4) is 0 Å². The predicted octanol–water partition coefficient (Wildman–Crippen LogP) is 11.3. The minimum absolute atomic E-state index is 0.198. The smallest absolute Gasteiger partial charge is 0.348 e. The van der Waals surface area contributed by atoms with Crippen LogP contribution in [0.5, 0.6) is 5.75 Å². The summed E-state index contributed by atoms with van der Waals surface area (Å²) in [5.74, 6) is -0.433. The lowest BCUT2D eigenvalue weighted by Crippen LogP contribution is -2.34. The van der Waals surface area contributed by atoms with E-state index in [4.69, 9.17) is 4.74 Å². The summed E-state index contributed by atoms with van der Waals surface area (Å²) >= 11 is 0. The second-order valence-corrected chi connectivity index (χ2v) is 11.4. The van der Waals surface area contributed by atoms with Gasteiger partial charge in [0.1, 0.15) is 5.75 Å². The van der Waals surface area contributed by atoms with Crippen LogP contribution in [0.2, 0.25) is 0 Å². The number of rotatable bonds is 18. The highest BCUT2D eigenvalue weighted by Crippen LogP contribution is 2.33. The van der Waals surface area contributed by atoms with Crippen LogP contribution in [0.15, 0.2) is 72.8 Å². The van der Waals surface area contributed by atoms with Gasteiger partial charge in [0.25, 0.3) is 0 Å². The highest BCUT2D eigenvalue weighted by molar-refractivity contribution is 5.84. The number of ether oxygens (including phenoxy) is 1. The Bertz CT molecular complexity index is 1130. The summed E-state index contributed by atoms with van der Waals surface area (Å²) < 4.78 is 20.5. The van der Waals surface area contributed by atoms with Crippen molar-refractivity contribution in [3.8, 4) is 28.0 Å². The third-order valence-electron chi connectivity index (χ3n) is 7.81. The molecule has 0 heterocycles. The van der Waals surface area contributed by atoms with Crippen LogP contribution in [0, 0.1) is 0 Å². The lowest BCUT2D eigenvalue weighted by molar-refractivity contribution is -0.147. The topological polar surface area (TPSA) is 26.3 Å². The first-order valence-corrected chi connectivity index (χ1v) is 15.6. The quantitative estimate of drug-likeness (QED) is 0.0904. The summed E-state index contributed by atoms with van der Waals surface area (Å²) in [4.78, 5) is 12.6. The Morgan fingerprint density at radius 2 is 1.12 bits per heavy atom. The number of hydrogen-bond acceptors (Lipinski definition) is 2. The van der Waals surface area contributed by atoms with Crippen LogP contribution in [0.1, 0.15) is 110 Å². The molecule has 0 aliphatic carbocycles. The van der Waals surface area contributed by atoms with Gasteiger partial charge in [-0.15, -0.1) is 0 Å². The van der Waals surface area contributed by atoms with Crippen molar-refractivity contribution in [1.82, 2.24) is 0 Å². The second kappa shape index (κ2) is 17.0. The van der Waals surface area contributed by atoms with Crippen molar-refractivity contribution in [1.29, 1.82) is 0 Å². The molecule has 0 aromatic heterocycles. The number of hydrogen-bond donors (Lipinski definition) is 0. The number of alkyl halides is 1. The van der Waals surface area contributed by atoms with E-state index in [1.54, 1.807) is 12.1 Å². The van der Waals surface area contributed by atoms with E-state index in [9.17, 15) is 4.79 Å². The van der Waals surface area contributed by atoms with Crippen molar-refractivity contribution in [2.75, 3.05) is 0 Å². The molecule has 1 unspecified atom stereocenters. The van der Waals surface area contributed by atoms with Gasteiger partial charge in [0.05, 0.1) is 0 Å². The van der Waals surface area contributed by atoms with Crippen LogP contribution in [0.4, 0.5) is 4.39 Å². The van der Waals surface area contributed by atoms with Gasteiger partial charge in [-0.25, -0.2) is 9.18 Å². The molecule has 0 fully saturated rings. The average Bonchev–Trinajstić information content (AvgIpc) is 2.97. The highest BCUT2D eigenvalue weighted by Gasteiger charge is 2.34. The molecule has 3 aromatic carbocycles. The largest absolute Gasteiger partial charge is 0.424 e. The predicted molar refractivity (Wildman–Crippen MR) is 168 cm³/mol. The normalized spacial score (nSPS) is 12.7. The van der Waals surface area contributed by atoms with E-state index in [1.165, 1.54) is 75.8 Å². The van der Waals surface area contributed by atoms with E-state index < -0.39 is 11.6 Å². The molecule has 3 rings (SSSR count). The minimum atomic E-state index is -1.98. The molecule has 0 radical (unpaired) electrons. The minimum Gasteiger partial charge on any atom is -0.424 e. The molecule has 3 heteroatoms. The number of carbonyl (C=O) groups excluding carboxylic acids is 1. The third-order valence-corrected chi connectivity index (χ3v) is 7.81. The standard InChI is InChI=1S/C37H49FO2/c1-4-6-8-10-11-12-13-17-29-37(3,38)36(39)40-33-27-25-32(26-28-33)35-20-16-15-19-34(35)31-23-21-30(22-24-31)18-14-9-7-5-2/h15-16,19-28H,4-14,17-18,29H2,1-3H3. The van der Waals surface area contributed by atoms with E-state index in [2.05, 4.69) is 56.3 Å². The van der Waals surface area contributed by atoms with Gasteiger partial charge in [0.2, 0.25) is 5.67 Å². The molecule has 40 heavy (non-hydrogen) atoms. The fourth-order valence-electron chi connectivity index (χ4n) is 5.20. The Hall–Kier alpha value is -2.94. The van der Waals surface area contributed by atoms with E-state index in [-0.39, 0.29) is 6.42 Å². The Kier molecular flexibility index (Phi) is 13.4. The summed E-state index contributed by atoms with van der Waals surface area (Å²) in [7, 11) is 0. The summed E-state index contributed by atoms with van der Waals surface area (Å²) in [6.45, 7) is 5.80. The SMILES string of the molecule is CCCCCCCCCCC(C)(F)C(=O)Oc1ccc(-c2ccccc2-c2ccc(CCCCCC)cc2)cc1. The van der Waals surface area contributed by atoms with E-state index in [0.29, 0.717) is 12.2 Å². The van der Waals surface area contributed by atoms with Crippen molar-refractivity contribution in [2.45, 2.75) is 116 Å². The maximum absolute atomic E-state index is 15.1. The Morgan fingerprint density at radius 1 is 0.650 bits per heavy atom. The molecule has 0 aliphatic rings. The second-order valence-electron chi connectivity index (χ2n) is 11.4. The number of esters is 1. The van der Waals surface area contributed by atoms with Crippen molar-refractivity contribution < 1.29 is 13.9 Å². The van der Waals surface area contributed by atoms with Crippen LogP contribution in [0.25, 0.3) is 22.3 Å². The first kappa shape index (κ1) is 31.6. The van der Waals surface area contributed by atoms with E-state index in [0.717, 1.165) is 36.0 Å². The van der Waals surface area contributed by atoms with Crippen molar-refractivity contribution in [3.05, 3.63) is 78.4 Å². The van der Waals surface area contributed by atoms with Gasteiger partial charge in [-0.1, -0.05) is 139 Å². The molecular weight excluding hydrogens is 495 g/mol. The molecule has 216 valence electrons. The maximum Gasteiger partial charge on any atom is 0.348 e. The molecule has 2 nitrogen and oxygen atoms in total. The number of benzene rings is 3. The van der Waals surface area contributed by atoms with Crippen molar-refractivity contribution in [3.63, 3.8) is 0 Å². The summed E-state index contributed by atoms with van der Waals surface area (Å²) in [6, 6.07) is 24.6. The van der Waals surface area contributed by atoms with Crippen molar-refractivity contribution in [2.24, 2.45) is 0 Å². The zero-order chi connectivity index (χ0) is 28.6. The summed E-state index contributed by atoms with van der Waals surface area (Å²) in [6.07, 6.45) is 15.4. The molecule has 0 N–H and O–H groups in total. The molecular formula is C37H49FO2. The monoisotopic (exact) mass is 544 g/mol. The van der Waals surface area contributed by atoms with Gasteiger partial charge in [-0.2, -0.15) is 0 Å². The van der Waals surface area contributed by atoms with Gasteiger partial charge in [-0.3, -0.25) is 0 Å². The van der Waals surface area contributed by atoms with Crippen LogP contribution in [-0.2, 0) is 11.2 Å². The Labute approximate surface area is 242 Å². The van der Waals surface area contributed by atoms with Crippen LogP contribution >= 0.6 is 0 Å². The molecule has 0 saturated heterocycles. The van der Waals surface area contributed by atoms with Gasteiger partial charge in [-0.05, 0) is 72.6 Å². The fourth-order valence-corrected chi connectivity index (χ4v) is 5.20. The average molecular weight is 545 g/mol. The van der Waals surface area contributed by atoms with Gasteiger partial charge >= 0.3 is 5.97 Å². The van der Waals surface area contributed by atoms with Gasteiger partial charge < -0.3 is 4.74 Å². The molecule has 1 atom stereocenters. The Balaban J connectivity index is 1.55. The van der Waals surface area contributed by atoms with Crippen molar-refractivity contribution >= 4 is 5.97 Å². The molecule has 0 aliphatic heterocycles.